The van der Waals surface area contributed by atoms with E-state index in [0.29, 0.717) is 25.3 Å². The van der Waals surface area contributed by atoms with Crippen molar-refractivity contribution in [1.82, 2.24) is 4.90 Å². The first-order chi connectivity index (χ1) is 11.0. The Balaban J connectivity index is 1.77. The number of hydrogen-bond donors (Lipinski definition) is 0. The van der Waals surface area contributed by atoms with E-state index in [1.165, 1.54) is 12.1 Å². The maximum absolute atomic E-state index is 13.1. The molecule has 1 unspecified atom stereocenters. The van der Waals surface area contributed by atoms with E-state index in [1.807, 2.05) is 24.3 Å². The van der Waals surface area contributed by atoms with Crippen LogP contribution in [0.5, 0.6) is 0 Å². The van der Waals surface area contributed by atoms with Crippen LogP contribution in [0.15, 0.2) is 46.9 Å². The van der Waals surface area contributed by atoms with Crippen molar-refractivity contribution in [3.63, 3.8) is 0 Å². The van der Waals surface area contributed by atoms with E-state index < -0.39 is 5.82 Å². The molecule has 0 bridgehead atoms. The number of carbonyl (C=O) groups excluding carboxylic acids is 1. The highest BCUT2D eigenvalue weighted by Gasteiger charge is 2.27. The van der Waals surface area contributed by atoms with Crippen LogP contribution in [0.4, 0.5) is 4.39 Å². The minimum Gasteiger partial charge on any atom is -0.370 e. The van der Waals surface area contributed by atoms with Crippen LogP contribution >= 0.6 is 27.5 Å². The van der Waals surface area contributed by atoms with Crippen LogP contribution in [-0.4, -0.2) is 30.5 Å². The molecule has 0 saturated carbocycles. The summed E-state index contributed by atoms with van der Waals surface area (Å²) < 4.78 is 19.9. The number of ether oxygens (including phenoxy) is 1. The Kier molecular flexibility index (Phi) is 4.99. The average Bonchev–Trinajstić information content (AvgIpc) is 2.55. The van der Waals surface area contributed by atoms with Crippen LogP contribution in [0.2, 0.25) is 5.02 Å². The van der Waals surface area contributed by atoms with E-state index in [1.54, 1.807) is 4.90 Å². The molecule has 0 N–H and O–H groups in total. The first-order valence-corrected chi connectivity index (χ1v) is 8.33. The summed E-state index contributed by atoms with van der Waals surface area (Å²) in [6.07, 6.45) is -0.181. The van der Waals surface area contributed by atoms with Crippen molar-refractivity contribution in [3.8, 4) is 0 Å². The van der Waals surface area contributed by atoms with Crippen LogP contribution in [-0.2, 0) is 4.74 Å². The van der Waals surface area contributed by atoms with Crippen LogP contribution in [0.25, 0.3) is 0 Å². The summed E-state index contributed by atoms with van der Waals surface area (Å²) in [5.41, 5.74) is 1.32. The van der Waals surface area contributed by atoms with Gasteiger partial charge < -0.3 is 9.64 Å². The second-order valence-electron chi connectivity index (χ2n) is 5.29. The summed E-state index contributed by atoms with van der Waals surface area (Å²) in [5, 5.41) is 0.127. The fraction of sp³-hybridized carbons (Fsp3) is 0.235. The topological polar surface area (TPSA) is 29.5 Å². The molecule has 0 radical (unpaired) electrons. The minimum absolute atomic E-state index is 0.127. The number of morpholine rings is 1. The molecule has 6 heteroatoms. The fourth-order valence-electron chi connectivity index (χ4n) is 2.55. The van der Waals surface area contributed by atoms with Gasteiger partial charge in [0.25, 0.3) is 5.91 Å². The van der Waals surface area contributed by atoms with Crippen LogP contribution in [0.3, 0.4) is 0 Å². The quantitative estimate of drug-likeness (QED) is 0.748. The summed E-state index contributed by atoms with van der Waals surface area (Å²) in [6.45, 7) is 1.37. The molecule has 1 amide bonds. The van der Waals surface area contributed by atoms with Gasteiger partial charge in [-0.25, -0.2) is 4.39 Å². The summed E-state index contributed by atoms with van der Waals surface area (Å²) in [7, 11) is 0. The van der Waals surface area contributed by atoms with Gasteiger partial charge in [-0.2, -0.15) is 0 Å². The van der Waals surface area contributed by atoms with E-state index in [0.717, 1.165) is 16.1 Å². The lowest BCUT2D eigenvalue weighted by Crippen LogP contribution is -2.42. The van der Waals surface area contributed by atoms with Gasteiger partial charge in [-0.3, -0.25) is 4.79 Å². The molecule has 2 aromatic rings. The molecule has 2 aromatic carbocycles. The lowest BCUT2D eigenvalue weighted by atomic mass is 10.1. The molecule has 1 aliphatic heterocycles. The number of hydrogen-bond acceptors (Lipinski definition) is 2. The summed E-state index contributed by atoms with van der Waals surface area (Å²) >= 11 is 9.39. The van der Waals surface area contributed by atoms with Crippen LogP contribution in [0.1, 0.15) is 22.0 Å². The van der Waals surface area contributed by atoms with Crippen molar-refractivity contribution in [3.05, 3.63) is 68.9 Å². The first-order valence-electron chi connectivity index (χ1n) is 7.16. The third-order valence-electron chi connectivity index (χ3n) is 3.76. The van der Waals surface area contributed by atoms with Crippen molar-refractivity contribution in [2.75, 3.05) is 19.7 Å². The van der Waals surface area contributed by atoms with Crippen molar-refractivity contribution >= 4 is 33.4 Å². The van der Waals surface area contributed by atoms with Gasteiger partial charge in [-0.05, 0) is 35.9 Å². The molecular weight excluding hydrogens is 385 g/mol. The van der Waals surface area contributed by atoms with E-state index >= 15 is 0 Å². The zero-order valence-corrected chi connectivity index (χ0v) is 14.5. The minimum atomic E-state index is -0.457. The highest BCUT2D eigenvalue weighted by molar-refractivity contribution is 9.10. The smallest absolute Gasteiger partial charge is 0.255 e. The monoisotopic (exact) mass is 397 g/mol. The average molecular weight is 399 g/mol. The molecular formula is C17H14BrClFNO2. The predicted molar refractivity (Wildman–Crippen MR) is 90.1 cm³/mol. The highest BCUT2D eigenvalue weighted by atomic mass is 79.9. The Hall–Kier alpha value is -1.43. The number of rotatable bonds is 2. The van der Waals surface area contributed by atoms with Gasteiger partial charge in [0.05, 0.1) is 23.7 Å². The van der Waals surface area contributed by atoms with Gasteiger partial charge in [0, 0.05) is 11.0 Å². The lowest BCUT2D eigenvalue weighted by molar-refractivity contribution is -0.0228. The number of halogens is 3. The first kappa shape index (κ1) is 16.4. The Morgan fingerprint density at radius 2 is 2.00 bits per heavy atom. The molecule has 1 heterocycles. The summed E-state index contributed by atoms with van der Waals surface area (Å²) in [6, 6.07) is 11.6. The molecule has 0 spiro atoms. The standard InChI is InChI=1S/C17H14BrClFNO2/c18-12-3-1-11(2-4-12)16-10-21(7-8-23-16)17(22)14-6-5-13(20)9-15(14)19/h1-6,9,16H,7-8,10H2. The molecule has 3 nitrogen and oxygen atoms in total. The van der Waals surface area contributed by atoms with Crippen molar-refractivity contribution < 1.29 is 13.9 Å². The van der Waals surface area contributed by atoms with E-state index in [-0.39, 0.29) is 17.0 Å². The molecule has 0 aliphatic carbocycles. The molecule has 0 aromatic heterocycles. The van der Waals surface area contributed by atoms with Gasteiger partial charge in [-0.15, -0.1) is 0 Å². The molecule has 3 rings (SSSR count). The van der Waals surface area contributed by atoms with E-state index in [2.05, 4.69) is 15.9 Å². The number of carbonyl (C=O) groups is 1. The summed E-state index contributed by atoms with van der Waals surface area (Å²) in [5.74, 6) is -0.665. The van der Waals surface area contributed by atoms with Gasteiger partial charge in [0.1, 0.15) is 11.9 Å². The molecule has 1 fully saturated rings. The fourth-order valence-corrected chi connectivity index (χ4v) is 3.06. The largest absolute Gasteiger partial charge is 0.370 e. The lowest BCUT2D eigenvalue weighted by Gasteiger charge is -2.33. The Morgan fingerprint density at radius 1 is 1.26 bits per heavy atom. The predicted octanol–water partition coefficient (Wildman–Crippen LogP) is 4.46. The second kappa shape index (κ2) is 6.99. The van der Waals surface area contributed by atoms with Gasteiger partial charge in [0.15, 0.2) is 0 Å². The zero-order chi connectivity index (χ0) is 16.4. The number of benzene rings is 2. The van der Waals surface area contributed by atoms with E-state index in [9.17, 15) is 9.18 Å². The van der Waals surface area contributed by atoms with Crippen molar-refractivity contribution in [1.29, 1.82) is 0 Å². The van der Waals surface area contributed by atoms with Gasteiger partial charge in [-0.1, -0.05) is 39.7 Å². The highest BCUT2D eigenvalue weighted by Crippen LogP contribution is 2.26. The van der Waals surface area contributed by atoms with Crippen molar-refractivity contribution in [2.24, 2.45) is 0 Å². The third kappa shape index (κ3) is 3.74. The summed E-state index contributed by atoms with van der Waals surface area (Å²) in [4.78, 5) is 14.3. The number of nitrogens with zero attached hydrogens (tertiary/aromatic N) is 1. The molecule has 1 atom stereocenters. The Morgan fingerprint density at radius 3 is 2.70 bits per heavy atom. The SMILES string of the molecule is O=C(c1ccc(F)cc1Cl)N1CCOC(c2ccc(Br)cc2)C1. The maximum atomic E-state index is 13.1. The second-order valence-corrected chi connectivity index (χ2v) is 6.61. The van der Waals surface area contributed by atoms with Crippen LogP contribution < -0.4 is 0 Å². The zero-order valence-electron chi connectivity index (χ0n) is 12.1. The van der Waals surface area contributed by atoms with Crippen LogP contribution in [0, 0.1) is 5.82 Å². The Labute approximate surface area is 147 Å². The normalized spacial score (nSPS) is 18.0. The third-order valence-corrected chi connectivity index (χ3v) is 4.60. The molecule has 1 aliphatic rings. The molecule has 1 saturated heterocycles. The number of amides is 1. The van der Waals surface area contributed by atoms with Gasteiger partial charge in [0.2, 0.25) is 0 Å². The Bertz CT molecular complexity index is 723. The maximum Gasteiger partial charge on any atom is 0.255 e. The van der Waals surface area contributed by atoms with E-state index in [4.69, 9.17) is 16.3 Å². The van der Waals surface area contributed by atoms with Gasteiger partial charge >= 0.3 is 0 Å². The van der Waals surface area contributed by atoms with Crippen molar-refractivity contribution in [2.45, 2.75) is 6.10 Å². The molecule has 120 valence electrons. The molecule has 23 heavy (non-hydrogen) atoms.